The highest BCUT2D eigenvalue weighted by molar-refractivity contribution is 5.37. The fourth-order valence-corrected chi connectivity index (χ4v) is 1.78. The Kier molecular flexibility index (Phi) is 3.49. The summed E-state index contributed by atoms with van der Waals surface area (Å²) >= 11 is 0. The Morgan fingerprint density at radius 3 is 2.82 bits per heavy atom. The van der Waals surface area contributed by atoms with Crippen LogP contribution in [0.3, 0.4) is 0 Å². The number of methoxy groups -OCH3 is 1. The summed E-state index contributed by atoms with van der Waals surface area (Å²) < 4.78 is 10.5. The average molecular weight is 232 g/mol. The minimum absolute atomic E-state index is 0.471. The maximum Gasteiger partial charge on any atom is 0.122 e. The summed E-state index contributed by atoms with van der Waals surface area (Å²) in [5.74, 6) is 1.57. The Morgan fingerprint density at radius 2 is 2.18 bits per heavy atom. The highest BCUT2D eigenvalue weighted by Gasteiger charge is 2.12. The monoisotopic (exact) mass is 232 g/mol. The minimum Gasteiger partial charge on any atom is -0.496 e. The molecule has 1 aromatic heterocycles. The Balaban J connectivity index is 2.16. The van der Waals surface area contributed by atoms with E-state index in [1.807, 2.05) is 37.3 Å². The Morgan fingerprint density at radius 1 is 1.35 bits per heavy atom. The first kappa shape index (κ1) is 11.7. The second-order valence-corrected chi connectivity index (χ2v) is 4.03. The van der Waals surface area contributed by atoms with Crippen molar-refractivity contribution in [3.63, 3.8) is 0 Å². The van der Waals surface area contributed by atoms with Crippen molar-refractivity contribution in [1.29, 1.82) is 0 Å². The SMILES string of the molecule is COc1cc(C(O)Cc2ccco2)ccc1C. The molecule has 0 saturated carbocycles. The summed E-state index contributed by atoms with van der Waals surface area (Å²) in [6.45, 7) is 1.97. The lowest BCUT2D eigenvalue weighted by atomic mass is 10.0. The average Bonchev–Trinajstić information content (AvgIpc) is 2.82. The van der Waals surface area contributed by atoms with Gasteiger partial charge in [0.05, 0.1) is 19.5 Å². The number of hydrogen-bond acceptors (Lipinski definition) is 3. The first-order valence-electron chi connectivity index (χ1n) is 5.55. The molecule has 17 heavy (non-hydrogen) atoms. The van der Waals surface area contributed by atoms with E-state index in [9.17, 15) is 5.11 Å². The van der Waals surface area contributed by atoms with Crippen LogP contribution in [-0.2, 0) is 6.42 Å². The third-order valence-corrected chi connectivity index (χ3v) is 2.79. The van der Waals surface area contributed by atoms with E-state index in [2.05, 4.69) is 0 Å². The van der Waals surface area contributed by atoms with Crippen LogP contribution >= 0.6 is 0 Å². The van der Waals surface area contributed by atoms with Crippen molar-refractivity contribution in [2.24, 2.45) is 0 Å². The smallest absolute Gasteiger partial charge is 0.122 e. The van der Waals surface area contributed by atoms with Crippen LogP contribution in [-0.4, -0.2) is 12.2 Å². The van der Waals surface area contributed by atoms with E-state index in [0.717, 1.165) is 22.6 Å². The molecule has 0 saturated heterocycles. The van der Waals surface area contributed by atoms with Crippen LogP contribution in [0.15, 0.2) is 41.0 Å². The molecule has 90 valence electrons. The van der Waals surface area contributed by atoms with Crippen LogP contribution in [0, 0.1) is 6.92 Å². The summed E-state index contributed by atoms with van der Waals surface area (Å²) in [4.78, 5) is 0. The molecule has 3 nitrogen and oxygen atoms in total. The highest BCUT2D eigenvalue weighted by atomic mass is 16.5. The van der Waals surface area contributed by atoms with Gasteiger partial charge < -0.3 is 14.3 Å². The molecule has 1 aromatic carbocycles. The largest absolute Gasteiger partial charge is 0.496 e. The molecular weight excluding hydrogens is 216 g/mol. The van der Waals surface area contributed by atoms with Crippen molar-refractivity contribution in [3.8, 4) is 5.75 Å². The van der Waals surface area contributed by atoms with E-state index < -0.39 is 6.10 Å². The van der Waals surface area contributed by atoms with Crippen molar-refractivity contribution >= 4 is 0 Å². The number of aryl methyl sites for hydroxylation is 1. The fraction of sp³-hybridized carbons (Fsp3) is 0.286. The van der Waals surface area contributed by atoms with Gasteiger partial charge in [-0.1, -0.05) is 12.1 Å². The summed E-state index contributed by atoms with van der Waals surface area (Å²) in [5.41, 5.74) is 1.89. The van der Waals surface area contributed by atoms with Gasteiger partial charge >= 0.3 is 0 Å². The molecule has 0 aliphatic heterocycles. The molecule has 1 heterocycles. The van der Waals surface area contributed by atoms with Crippen molar-refractivity contribution in [3.05, 3.63) is 53.5 Å². The minimum atomic E-state index is -0.573. The molecule has 1 unspecified atom stereocenters. The van der Waals surface area contributed by atoms with Gasteiger partial charge in [0.2, 0.25) is 0 Å². The van der Waals surface area contributed by atoms with Gasteiger partial charge in [-0.3, -0.25) is 0 Å². The van der Waals surface area contributed by atoms with Gasteiger partial charge in [0.25, 0.3) is 0 Å². The van der Waals surface area contributed by atoms with Gasteiger partial charge in [0, 0.05) is 6.42 Å². The first-order chi connectivity index (χ1) is 8.20. The predicted octanol–water partition coefficient (Wildman–Crippen LogP) is 2.87. The van der Waals surface area contributed by atoms with Crippen LogP contribution in [0.4, 0.5) is 0 Å². The zero-order valence-electron chi connectivity index (χ0n) is 10.0. The molecule has 1 atom stereocenters. The number of hydrogen-bond donors (Lipinski definition) is 1. The molecule has 0 fully saturated rings. The molecule has 1 N–H and O–H groups in total. The predicted molar refractivity (Wildman–Crippen MR) is 65.1 cm³/mol. The number of rotatable bonds is 4. The van der Waals surface area contributed by atoms with Crippen LogP contribution in [0.5, 0.6) is 5.75 Å². The Bertz CT molecular complexity index is 474. The van der Waals surface area contributed by atoms with Crippen LogP contribution in [0.2, 0.25) is 0 Å². The van der Waals surface area contributed by atoms with E-state index in [0.29, 0.717) is 6.42 Å². The summed E-state index contributed by atoms with van der Waals surface area (Å²) in [5, 5.41) is 10.1. The molecule has 2 aromatic rings. The zero-order valence-corrected chi connectivity index (χ0v) is 10.0. The third-order valence-electron chi connectivity index (χ3n) is 2.79. The first-order valence-corrected chi connectivity index (χ1v) is 5.55. The molecule has 0 bridgehead atoms. The van der Waals surface area contributed by atoms with Crippen molar-refractivity contribution in [1.82, 2.24) is 0 Å². The second-order valence-electron chi connectivity index (χ2n) is 4.03. The molecule has 0 radical (unpaired) electrons. The van der Waals surface area contributed by atoms with Crippen LogP contribution in [0.25, 0.3) is 0 Å². The van der Waals surface area contributed by atoms with Crippen molar-refractivity contribution < 1.29 is 14.3 Å². The molecule has 2 rings (SSSR count). The summed E-state index contributed by atoms with van der Waals surface area (Å²) in [7, 11) is 1.63. The number of aliphatic hydroxyl groups is 1. The van der Waals surface area contributed by atoms with Crippen molar-refractivity contribution in [2.45, 2.75) is 19.4 Å². The highest BCUT2D eigenvalue weighted by Crippen LogP contribution is 2.25. The second kappa shape index (κ2) is 5.06. The van der Waals surface area contributed by atoms with Crippen molar-refractivity contribution in [2.75, 3.05) is 7.11 Å². The lowest BCUT2D eigenvalue weighted by molar-refractivity contribution is 0.170. The molecule has 0 amide bonds. The number of aliphatic hydroxyl groups excluding tert-OH is 1. The van der Waals surface area contributed by atoms with Gasteiger partial charge in [-0.15, -0.1) is 0 Å². The molecule has 0 spiro atoms. The summed E-state index contributed by atoms with van der Waals surface area (Å²) in [6, 6.07) is 9.39. The molecule has 3 heteroatoms. The number of benzene rings is 1. The normalized spacial score (nSPS) is 12.4. The third kappa shape index (κ3) is 2.68. The standard InChI is InChI=1S/C14H16O3/c1-10-5-6-11(8-14(10)16-2)13(15)9-12-4-3-7-17-12/h3-8,13,15H,9H2,1-2H3. The Hall–Kier alpha value is -1.74. The Labute approximate surface area is 101 Å². The lowest BCUT2D eigenvalue weighted by Crippen LogP contribution is -2.02. The number of furan rings is 1. The lowest BCUT2D eigenvalue weighted by Gasteiger charge is -2.12. The topological polar surface area (TPSA) is 42.6 Å². The van der Waals surface area contributed by atoms with E-state index in [-0.39, 0.29) is 0 Å². The van der Waals surface area contributed by atoms with Gasteiger partial charge in [0.1, 0.15) is 11.5 Å². The quantitative estimate of drug-likeness (QED) is 0.881. The fourth-order valence-electron chi connectivity index (χ4n) is 1.78. The van der Waals surface area contributed by atoms with E-state index in [1.165, 1.54) is 0 Å². The van der Waals surface area contributed by atoms with E-state index in [1.54, 1.807) is 13.4 Å². The molecule has 0 aliphatic carbocycles. The summed E-state index contributed by atoms with van der Waals surface area (Å²) in [6.07, 6.45) is 1.51. The molecular formula is C14H16O3. The van der Waals surface area contributed by atoms with Gasteiger partial charge in [-0.2, -0.15) is 0 Å². The molecule has 0 aliphatic rings. The van der Waals surface area contributed by atoms with E-state index >= 15 is 0 Å². The number of ether oxygens (including phenoxy) is 1. The maximum absolute atomic E-state index is 10.1. The zero-order chi connectivity index (χ0) is 12.3. The van der Waals surface area contributed by atoms with Gasteiger partial charge in [0.15, 0.2) is 0 Å². The van der Waals surface area contributed by atoms with E-state index in [4.69, 9.17) is 9.15 Å². The van der Waals surface area contributed by atoms with Crippen LogP contribution in [0.1, 0.15) is 23.0 Å². The maximum atomic E-state index is 10.1. The van der Waals surface area contributed by atoms with Gasteiger partial charge in [-0.25, -0.2) is 0 Å². The van der Waals surface area contributed by atoms with Crippen LogP contribution < -0.4 is 4.74 Å². The van der Waals surface area contributed by atoms with Gasteiger partial charge in [-0.05, 0) is 36.2 Å².